The summed E-state index contributed by atoms with van der Waals surface area (Å²) in [6.07, 6.45) is 8.78. The van der Waals surface area contributed by atoms with Gasteiger partial charge in [0.2, 0.25) is 0 Å². The number of carboxylic acids is 1. The third-order valence-corrected chi connectivity index (χ3v) is 3.94. The number of benzene rings is 1. The van der Waals surface area contributed by atoms with Crippen LogP contribution in [0.3, 0.4) is 0 Å². The van der Waals surface area contributed by atoms with E-state index in [1.54, 1.807) is 19.2 Å². The molecule has 0 bridgehead atoms. The fourth-order valence-electron chi connectivity index (χ4n) is 2.66. The molecule has 0 spiro atoms. The highest BCUT2D eigenvalue weighted by atomic mass is 16.5. The van der Waals surface area contributed by atoms with E-state index < -0.39 is 5.97 Å². The van der Waals surface area contributed by atoms with Crippen LogP contribution in [0.1, 0.15) is 48.0 Å². The van der Waals surface area contributed by atoms with Crippen molar-refractivity contribution in [1.82, 2.24) is 0 Å². The lowest BCUT2D eigenvalue weighted by atomic mass is 10.0. The van der Waals surface area contributed by atoms with E-state index >= 15 is 0 Å². The highest BCUT2D eigenvalue weighted by Crippen LogP contribution is 2.21. The lowest BCUT2D eigenvalue weighted by Gasteiger charge is -2.09. The molecule has 0 aliphatic carbocycles. The van der Waals surface area contributed by atoms with Gasteiger partial charge in [0.1, 0.15) is 5.75 Å². The maximum Gasteiger partial charge on any atom is 0.336 e. The Hall–Kier alpha value is -2.30. The van der Waals surface area contributed by atoms with Crippen LogP contribution in [0.4, 0.5) is 0 Å². The van der Waals surface area contributed by atoms with Gasteiger partial charge < -0.3 is 14.6 Å². The first-order valence-electron chi connectivity index (χ1n) is 7.82. The van der Waals surface area contributed by atoms with E-state index in [1.807, 2.05) is 12.2 Å². The summed E-state index contributed by atoms with van der Waals surface area (Å²) in [7, 11) is 3.18. The smallest absolute Gasteiger partial charge is 0.336 e. The van der Waals surface area contributed by atoms with Gasteiger partial charge in [-0.1, -0.05) is 24.6 Å². The third kappa shape index (κ3) is 4.84. The summed E-state index contributed by atoms with van der Waals surface area (Å²) in [5.74, 6) is 0.395. The Morgan fingerprint density at radius 3 is 2.87 bits per heavy atom. The fraction of sp³-hybridized carbons (Fsp3) is 0.444. The molecule has 1 N–H and O–H groups in total. The summed E-state index contributed by atoms with van der Waals surface area (Å²) < 4.78 is 10.4. The van der Waals surface area contributed by atoms with Crippen molar-refractivity contribution in [1.29, 1.82) is 0 Å². The van der Waals surface area contributed by atoms with Gasteiger partial charge in [-0.15, -0.1) is 0 Å². The molecule has 0 aromatic heterocycles. The monoisotopic (exact) mass is 317 g/mol. The average Bonchev–Trinajstić information content (AvgIpc) is 2.80. The number of carbonyl (C=O) groups is 1. The first-order valence-corrected chi connectivity index (χ1v) is 7.82. The summed E-state index contributed by atoms with van der Waals surface area (Å²) in [5.41, 5.74) is 0.908. The number of rotatable bonds is 5. The second kappa shape index (κ2) is 8.36. The Kier molecular flexibility index (Phi) is 6.20. The van der Waals surface area contributed by atoms with Gasteiger partial charge in [0.05, 0.1) is 25.8 Å². The molecule has 0 amide bonds. The molecule has 0 fully saturated rings. The quantitative estimate of drug-likeness (QED) is 0.897. The van der Waals surface area contributed by atoms with Crippen LogP contribution in [0.25, 0.3) is 6.08 Å². The van der Waals surface area contributed by atoms with Gasteiger partial charge >= 0.3 is 5.97 Å². The van der Waals surface area contributed by atoms with E-state index in [0.29, 0.717) is 11.3 Å². The number of hydrogen-bond acceptors (Lipinski definition) is 4. The Morgan fingerprint density at radius 2 is 2.17 bits per heavy atom. The van der Waals surface area contributed by atoms with Crippen LogP contribution in [0.5, 0.6) is 5.75 Å². The summed E-state index contributed by atoms with van der Waals surface area (Å²) >= 11 is 0. The van der Waals surface area contributed by atoms with Crippen LogP contribution >= 0.6 is 0 Å². The van der Waals surface area contributed by atoms with Crippen LogP contribution < -0.4 is 4.74 Å². The maximum atomic E-state index is 11.4. The molecule has 5 nitrogen and oxygen atoms in total. The third-order valence-electron chi connectivity index (χ3n) is 3.94. The standard InChI is InChI=1S/C18H23NO4/c1-22-15-11-10-13(16(12-15)18(20)21)6-5-8-14-7-3-4-9-17(19-14)23-2/h5-6,10-12,14H,3-4,7-9H2,1-2H3,(H,20,21)/b6-5+. The van der Waals surface area contributed by atoms with Crippen molar-refractivity contribution in [3.63, 3.8) is 0 Å². The van der Waals surface area contributed by atoms with Crippen molar-refractivity contribution < 1.29 is 19.4 Å². The van der Waals surface area contributed by atoms with E-state index in [2.05, 4.69) is 4.99 Å². The molecule has 1 aliphatic heterocycles. The average molecular weight is 317 g/mol. The predicted octanol–water partition coefficient (Wildman–Crippen LogP) is 3.78. The van der Waals surface area contributed by atoms with Crippen molar-refractivity contribution in [3.8, 4) is 5.75 Å². The van der Waals surface area contributed by atoms with E-state index in [4.69, 9.17) is 9.47 Å². The van der Waals surface area contributed by atoms with Gasteiger partial charge in [0, 0.05) is 6.42 Å². The normalized spacial score (nSPS) is 18.3. The minimum absolute atomic E-state index is 0.204. The van der Waals surface area contributed by atoms with Crippen molar-refractivity contribution in [2.75, 3.05) is 14.2 Å². The van der Waals surface area contributed by atoms with Crippen LogP contribution in [-0.4, -0.2) is 37.2 Å². The molecular weight excluding hydrogens is 294 g/mol. The summed E-state index contributed by atoms with van der Waals surface area (Å²) in [6, 6.07) is 5.26. The van der Waals surface area contributed by atoms with Gasteiger partial charge in [-0.25, -0.2) is 4.79 Å². The van der Waals surface area contributed by atoms with Crippen LogP contribution in [-0.2, 0) is 4.74 Å². The lowest BCUT2D eigenvalue weighted by Crippen LogP contribution is -2.06. The highest BCUT2D eigenvalue weighted by molar-refractivity contribution is 5.92. The Balaban J connectivity index is 2.09. The zero-order valence-corrected chi connectivity index (χ0v) is 13.6. The predicted molar refractivity (Wildman–Crippen MR) is 90.3 cm³/mol. The van der Waals surface area contributed by atoms with Gasteiger partial charge in [-0.05, 0) is 37.0 Å². The van der Waals surface area contributed by atoms with Crippen LogP contribution in [0, 0.1) is 0 Å². The van der Waals surface area contributed by atoms with Crippen molar-refractivity contribution in [2.24, 2.45) is 4.99 Å². The molecule has 5 heteroatoms. The molecule has 0 saturated heterocycles. The molecule has 1 unspecified atom stereocenters. The van der Waals surface area contributed by atoms with Crippen molar-refractivity contribution in [3.05, 3.63) is 35.4 Å². The zero-order chi connectivity index (χ0) is 16.7. The van der Waals surface area contributed by atoms with Crippen LogP contribution in [0.15, 0.2) is 29.3 Å². The number of carboxylic acid groups (broad SMARTS) is 1. The molecule has 1 heterocycles. The fourth-order valence-corrected chi connectivity index (χ4v) is 2.66. The number of hydrogen-bond donors (Lipinski definition) is 1. The molecule has 0 radical (unpaired) electrons. The SMILES string of the molecule is COC1=NC(C/C=C/c2ccc(OC)cc2C(=O)O)CCCC1. The molecule has 0 saturated carbocycles. The second-order valence-electron chi connectivity index (χ2n) is 5.52. The molecule has 2 rings (SSSR count). The Morgan fingerprint density at radius 1 is 1.35 bits per heavy atom. The molecule has 23 heavy (non-hydrogen) atoms. The van der Waals surface area contributed by atoms with Gasteiger partial charge in [0.15, 0.2) is 5.90 Å². The molecule has 1 aromatic rings. The second-order valence-corrected chi connectivity index (χ2v) is 5.52. The summed E-state index contributed by atoms with van der Waals surface area (Å²) in [4.78, 5) is 16.0. The number of methoxy groups -OCH3 is 2. The van der Waals surface area contributed by atoms with Crippen LogP contribution in [0.2, 0.25) is 0 Å². The minimum Gasteiger partial charge on any atom is -0.497 e. The summed E-state index contributed by atoms with van der Waals surface area (Å²) in [6.45, 7) is 0. The van der Waals surface area contributed by atoms with Gasteiger partial charge in [0.25, 0.3) is 0 Å². The molecule has 1 atom stereocenters. The lowest BCUT2D eigenvalue weighted by molar-refractivity contribution is 0.0696. The number of aromatic carboxylic acids is 1. The first-order chi connectivity index (χ1) is 11.1. The first kappa shape index (κ1) is 17.1. The number of ether oxygens (including phenoxy) is 2. The van der Waals surface area contributed by atoms with Crippen molar-refractivity contribution >= 4 is 17.9 Å². The Labute approximate surface area is 136 Å². The van der Waals surface area contributed by atoms with E-state index in [1.165, 1.54) is 13.2 Å². The molecule has 1 aliphatic rings. The minimum atomic E-state index is -0.960. The van der Waals surface area contributed by atoms with Crippen molar-refractivity contribution in [2.45, 2.75) is 38.1 Å². The Bertz CT molecular complexity index is 607. The summed E-state index contributed by atoms with van der Waals surface area (Å²) in [5, 5.41) is 9.31. The molecule has 124 valence electrons. The molecular formula is C18H23NO4. The van der Waals surface area contributed by atoms with Gasteiger partial charge in [-0.3, -0.25) is 4.99 Å². The van der Waals surface area contributed by atoms with E-state index in [0.717, 1.165) is 38.0 Å². The number of aliphatic imine (C=N–C) groups is 1. The maximum absolute atomic E-state index is 11.4. The number of nitrogens with zero attached hydrogens (tertiary/aromatic N) is 1. The largest absolute Gasteiger partial charge is 0.497 e. The van der Waals surface area contributed by atoms with E-state index in [-0.39, 0.29) is 11.6 Å². The van der Waals surface area contributed by atoms with Gasteiger partial charge in [-0.2, -0.15) is 0 Å². The zero-order valence-electron chi connectivity index (χ0n) is 13.6. The topological polar surface area (TPSA) is 68.1 Å². The van der Waals surface area contributed by atoms with E-state index in [9.17, 15) is 9.90 Å². The highest BCUT2D eigenvalue weighted by Gasteiger charge is 2.13. The molecule has 1 aromatic carbocycles.